The number of carbonyl (C=O) groups excluding carboxylic acids is 3. The van der Waals surface area contributed by atoms with Crippen molar-refractivity contribution in [1.82, 2.24) is 0 Å². The Morgan fingerprint density at radius 1 is 1.00 bits per heavy atom. The van der Waals surface area contributed by atoms with Crippen LogP contribution in [0, 0.1) is 5.82 Å². The summed E-state index contributed by atoms with van der Waals surface area (Å²) < 4.78 is 20.1. The highest BCUT2D eigenvalue weighted by Gasteiger charge is 2.43. The third-order valence-corrected chi connectivity index (χ3v) is 4.87. The summed E-state index contributed by atoms with van der Waals surface area (Å²) in [4.78, 5) is 37.6. The molecule has 1 unspecified atom stereocenters. The maximum atomic E-state index is 14.4. The van der Waals surface area contributed by atoms with Gasteiger partial charge in [-0.05, 0) is 23.8 Å². The molecule has 1 aliphatic carbocycles. The van der Waals surface area contributed by atoms with Crippen molar-refractivity contribution in [2.45, 2.75) is 12.3 Å². The van der Waals surface area contributed by atoms with Gasteiger partial charge in [0.25, 0.3) is 0 Å². The van der Waals surface area contributed by atoms with E-state index in [2.05, 4.69) is 15.9 Å². The van der Waals surface area contributed by atoms with Crippen LogP contribution in [-0.4, -0.2) is 17.5 Å². The first-order valence-corrected chi connectivity index (χ1v) is 8.35. The number of rotatable bonds is 1. The molecule has 6 heteroatoms. The van der Waals surface area contributed by atoms with E-state index >= 15 is 0 Å². The van der Waals surface area contributed by atoms with Gasteiger partial charge < -0.3 is 4.74 Å². The third-order valence-electron chi connectivity index (χ3n) is 4.38. The number of halogens is 2. The number of esters is 1. The van der Waals surface area contributed by atoms with Crippen molar-refractivity contribution in [2.75, 3.05) is 0 Å². The van der Waals surface area contributed by atoms with Crippen molar-refractivity contribution in [3.8, 4) is 0 Å². The summed E-state index contributed by atoms with van der Waals surface area (Å²) in [5.74, 6) is -3.30. The van der Waals surface area contributed by atoms with Crippen LogP contribution in [0.2, 0.25) is 0 Å². The predicted octanol–water partition coefficient (Wildman–Crippen LogP) is 3.95. The molecular weight excluding hydrogens is 391 g/mol. The molecule has 0 radical (unpaired) electrons. The first kappa shape index (κ1) is 15.9. The van der Waals surface area contributed by atoms with Gasteiger partial charge in [-0.25, -0.2) is 4.39 Å². The van der Waals surface area contributed by atoms with Crippen LogP contribution in [0.3, 0.4) is 0 Å². The van der Waals surface area contributed by atoms with Crippen LogP contribution >= 0.6 is 15.9 Å². The number of allylic oxidation sites excluding steroid dienone is 2. The largest absolute Gasteiger partial charge is 0.422 e. The Morgan fingerprint density at radius 2 is 1.68 bits per heavy atom. The molecule has 0 saturated carbocycles. The Hall–Kier alpha value is -2.60. The van der Waals surface area contributed by atoms with Crippen LogP contribution in [0.25, 0.3) is 0 Å². The molecule has 0 N–H and O–H groups in total. The highest BCUT2D eigenvalue weighted by Crippen LogP contribution is 2.42. The van der Waals surface area contributed by atoms with Gasteiger partial charge in [-0.15, -0.1) is 0 Å². The molecule has 0 bridgehead atoms. The van der Waals surface area contributed by atoms with E-state index in [4.69, 9.17) is 4.74 Å². The van der Waals surface area contributed by atoms with Gasteiger partial charge >= 0.3 is 5.97 Å². The monoisotopic (exact) mass is 400 g/mol. The van der Waals surface area contributed by atoms with Gasteiger partial charge in [0, 0.05) is 21.5 Å². The summed E-state index contributed by atoms with van der Waals surface area (Å²) >= 11 is 3.27. The van der Waals surface area contributed by atoms with E-state index in [1.807, 2.05) is 0 Å². The fraction of sp³-hybridized carbons (Fsp3) is 0.105. The Bertz CT molecular complexity index is 993. The normalized spacial score (nSPS) is 19.4. The van der Waals surface area contributed by atoms with Crippen molar-refractivity contribution in [2.24, 2.45) is 0 Å². The molecule has 0 amide bonds. The molecule has 1 heterocycles. The highest BCUT2D eigenvalue weighted by atomic mass is 79.9. The summed E-state index contributed by atoms with van der Waals surface area (Å²) in [6.45, 7) is 0. The molecule has 0 spiro atoms. The fourth-order valence-electron chi connectivity index (χ4n) is 3.26. The van der Waals surface area contributed by atoms with Gasteiger partial charge in [-0.1, -0.05) is 40.2 Å². The predicted molar refractivity (Wildman–Crippen MR) is 89.7 cm³/mol. The molecular formula is C19H10BrFO4. The molecule has 2 aromatic rings. The second-order valence-corrected chi connectivity index (χ2v) is 6.76. The van der Waals surface area contributed by atoms with Crippen molar-refractivity contribution in [1.29, 1.82) is 0 Å². The van der Waals surface area contributed by atoms with Crippen molar-refractivity contribution in [3.63, 3.8) is 0 Å². The van der Waals surface area contributed by atoms with Crippen LogP contribution in [0.15, 0.2) is 58.3 Å². The Morgan fingerprint density at radius 3 is 2.40 bits per heavy atom. The molecule has 124 valence electrons. The van der Waals surface area contributed by atoms with Crippen molar-refractivity contribution in [3.05, 3.63) is 80.8 Å². The summed E-state index contributed by atoms with van der Waals surface area (Å²) in [6, 6.07) is 10.6. The lowest BCUT2D eigenvalue weighted by atomic mass is 9.77. The van der Waals surface area contributed by atoms with E-state index in [9.17, 15) is 18.8 Å². The lowest BCUT2D eigenvalue weighted by Crippen LogP contribution is -2.33. The topological polar surface area (TPSA) is 60.4 Å². The van der Waals surface area contributed by atoms with E-state index in [1.165, 1.54) is 24.3 Å². The number of ketones is 2. The lowest BCUT2D eigenvalue weighted by Gasteiger charge is -2.30. The standard InChI is InChI=1S/C19H10BrFO4/c20-9-5-6-14(21)12(7-9)13-8-15(22)25-19-16(13)17(23)10-3-1-2-4-11(10)18(19)24/h1-7,13H,8H2. The Balaban J connectivity index is 1.95. The van der Waals surface area contributed by atoms with Crippen LogP contribution < -0.4 is 0 Å². The molecule has 2 aromatic carbocycles. The number of ether oxygens (including phenoxy) is 1. The minimum atomic E-state index is -0.862. The van der Waals surface area contributed by atoms with E-state index < -0.39 is 29.3 Å². The van der Waals surface area contributed by atoms with Crippen LogP contribution in [0.4, 0.5) is 4.39 Å². The summed E-state index contributed by atoms with van der Waals surface area (Å²) in [5, 5.41) is 0. The molecule has 4 rings (SSSR count). The van der Waals surface area contributed by atoms with Gasteiger partial charge in [0.2, 0.25) is 5.78 Å². The van der Waals surface area contributed by atoms with Gasteiger partial charge in [0.05, 0.1) is 12.0 Å². The zero-order valence-electron chi connectivity index (χ0n) is 12.7. The number of fused-ring (bicyclic) bond motifs is 1. The first-order valence-electron chi connectivity index (χ1n) is 7.55. The molecule has 1 aliphatic heterocycles. The second-order valence-electron chi connectivity index (χ2n) is 5.84. The third kappa shape index (κ3) is 2.44. The first-order chi connectivity index (χ1) is 12.0. The summed E-state index contributed by atoms with van der Waals surface area (Å²) in [5.41, 5.74) is 0.651. The van der Waals surface area contributed by atoms with Gasteiger partial charge in [0.1, 0.15) is 5.82 Å². The van der Waals surface area contributed by atoms with E-state index in [0.29, 0.717) is 4.47 Å². The minimum absolute atomic E-state index is 0.0419. The van der Waals surface area contributed by atoms with Crippen molar-refractivity contribution >= 4 is 33.5 Å². The summed E-state index contributed by atoms with van der Waals surface area (Å²) in [7, 11) is 0. The van der Waals surface area contributed by atoms with E-state index in [1.54, 1.807) is 18.2 Å². The van der Waals surface area contributed by atoms with Crippen molar-refractivity contribution < 1.29 is 23.5 Å². The van der Waals surface area contributed by atoms with Gasteiger partial charge in [0.15, 0.2) is 11.5 Å². The molecule has 0 fully saturated rings. The molecule has 25 heavy (non-hydrogen) atoms. The number of hydrogen-bond acceptors (Lipinski definition) is 4. The van der Waals surface area contributed by atoms with Gasteiger partial charge in [-0.3, -0.25) is 14.4 Å². The molecule has 0 saturated heterocycles. The SMILES string of the molecule is O=C1CC(c2cc(Br)ccc2F)C2=C(O1)C(=O)c1ccccc1C2=O. The van der Waals surface area contributed by atoms with Crippen LogP contribution in [0.1, 0.15) is 38.6 Å². The number of hydrogen-bond donors (Lipinski definition) is 0. The Labute approximate surface area is 150 Å². The molecule has 2 aliphatic rings. The minimum Gasteiger partial charge on any atom is -0.422 e. The average molecular weight is 401 g/mol. The average Bonchev–Trinajstić information content (AvgIpc) is 2.61. The number of Topliss-reactive ketones (excluding diaryl/α,β-unsaturated/α-hetero) is 2. The molecule has 4 nitrogen and oxygen atoms in total. The smallest absolute Gasteiger partial charge is 0.312 e. The number of benzene rings is 2. The van der Waals surface area contributed by atoms with E-state index in [0.717, 1.165) is 0 Å². The zero-order chi connectivity index (χ0) is 17.7. The maximum absolute atomic E-state index is 14.4. The molecule has 1 atom stereocenters. The van der Waals surface area contributed by atoms with E-state index in [-0.39, 0.29) is 34.4 Å². The number of carbonyl (C=O) groups is 3. The van der Waals surface area contributed by atoms with Gasteiger partial charge in [-0.2, -0.15) is 0 Å². The summed E-state index contributed by atoms with van der Waals surface area (Å²) in [6.07, 6.45) is -0.201. The van der Waals surface area contributed by atoms with Crippen LogP contribution in [-0.2, 0) is 9.53 Å². The highest BCUT2D eigenvalue weighted by molar-refractivity contribution is 9.10. The lowest BCUT2D eigenvalue weighted by molar-refractivity contribution is -0.140. The second kappa shape index (κ2) is 5.74. The Kier molecular flexibility index (Phi) is 3.65. The zero-order valence-corrected chi connectivity index (χ0v) is 14.3. The fourth-order valence-corrected chi connectivity index (χ4v) is 3.64. The quantitative estimate of drug-likeness (QED) is 0.679. The maximum Gasteiger partial charge on any atom is 0.312 e. The molecule has 0 aromatic heterocycles. The van der Waals surface area contributed by atoms with Crippen LogP contribution in [0.5, 0.6) is 0 Å².